The van der Waals surface area contributed by atoms with E-state index in [1.165, 1.54) is 0 Å². The number of hydrogen-bond donors (Lipinski definition) is 2. The Labute approximate surface area is 142 Å². The summed E-state index contributed by atoms with van der Waals surface area (Å²) in [5.74, 6) is -1.29. The molecule has 0 aliphatic heterocycles. The Morgan fingerprint density at radius 3 is 2.23 bits per heavy atom. The number of nitrogens with zero attached hydrogens (tertiary/aromatic N) is 1. The predicted octanol–water partition coefficient (Wildman–Crippen LogP) is 2.96. The fourth-order valence-electron chi connectivity index (χ4n) is 1.65. The molecule has 1 aromatic carbocycles. The van der Waals surface area contributed by atoms with E-state index in [0.29, 0.717) is 12.1 Å². The molecule has 0 amide bonds. The van der Waals surface area contributed by atoms with Crippen LogP contribution in [0.1, 0.15) is 20.3 Å². The van der Waals surface area contributed by atoms with Gasteiger partial charge in [-0.15, -0.1) is 12.1 Å². The quantitative estimate of drug-likeness (QED) is 0.656. The first-order chi connectivity index (χ1) is 9.90. The number of hydrogen-bond acceptors (Lipinski definition) is 3. The number of aliphatic hydroxyl groups is 2. The van der Waals surface area contributed by atoms with Gasteiger partial charge in [-0.25, -0.2) is 0 Å². The van der Waals surface area contributed by atoms with Crippen molar-refractivity contribution in [1.82, 2.24) is 4.98 Å². The maximum absolute atomic E-state index is 13.2. The van der Waals surface area contributed by atoms with Gasteiger partial charge in [0, 0.05) is 37.9 Å². The monoisotopic (exact) mass is 487 g/mol. The first kappa shape index (κ1) is 20.8. The number of benzene rings is 1. The topological polar surface area (TPSA) is 53.4 Å². The van der Waals surface area contributed by atoms with Gasteiger partial charge in [0.25, 0.3) is 0 Å². The third kappa shape index (κ3) is 7.71. The summed E-state index contributed by atoms with van der Waals surface area (Å²) < 4.78 is 25.8. The van der Waals surface area contributed by atoms with Gasteiger partial charge in [-0.1, -0.05) is 23.8 Å². The Bertz CT molecular complexity index is 545. The van der Waals surface area contributed by atoms with E-state index >= 15 is 0 Å². The van der Waals surface area contributed by atoms with Gasteiger partial charge >= 0.3 is 0 Å². The smallest absolute Gasteiger partial charge is 0.0536 e. The molecule has 1 radical (unpaired) electrons. The van der Waals surface area contributed by atoms with Crippen LogP contribution in [-0.2, 0) is 20.1 Å². The van der Waals surface area contributed by atoms with E-state index in [-0.39, 0.29) is 37.9 Å². The third-order valence-corrected chi connectivity index (χ3v) is 2.46. The molecule has 0 fully saturated rings. The molecular formula is C16H18F2IrNO2-. The zero-order chi connectivity index (χ0) is 15.8. The van der Waals surface area contributed by atoms with Gasteiger partial charge in [0.15, 0.2) is 0 Å². The Morgan fingerprint density at radius 1 is 1.18 bits per heavy atom. The van der Waals surface area contributed by atoms with Crippen LogP contribution in [0.2, 0.25) is 0 Å². The molecule has 1 heterocycles. The summed E-state index contributed by atoms with van der Waals surface area (Å²) in [6, 6.07) is 9.53. The van der Waals surface area contributed by atoms with Gasteiger partial charge in [-0.2, -0.15) is 0 Å². The van der Waals surface area contributed by atoms with E-state index < -0.39 is 11.6 Å². The number of pyridine rings is 1. The van der Waals surface area contributed by atoms with Gasteiger partial charge in [-0.3, -0.25) is 8.78 Å². The Morgan fingerprint density at radius 2 is 1.82 bits per heavy atom. The average Bonchev–Trinajstić information content (AvgIpc) is 2.38. The molecule has 2 atom stereocenters. The van der Waals surface area contributed by atoms with E-state index in [4.69, 9.17) is 10.2 Å². The summed E-state index contributed by atoms with van der Waals surface area (Å²) >= 11 is 0. The number of halogens is 2. The van der Waals surface area contributed by atoms with Crippen molar-refractivity contribution >= 4 is 0 Å². The van der Waals surface area contributed by atoms with Crippen molar-refractivity contribution in [2.24, 2.45) is 0 Å². The SMILES string of the molecule is CC(O)CC(C)O.Fc1c[c-]c(-c2ccccn2)c(F)c1.[Ir]. The van der Waals surface area contributed by atoms with Gasteiger partial charge in [0.2, 0.25) is 0 Å². The van der Waals surface area contributed by atoms with E-state index in [0.717, 1.165) is 12.1 Å². The summed E-state index contributed by atoms with van der Waals surface area (Å²) in [5.41, 5.74) is 0.636. The first-order valence-electron chi connectivity index (χ1n) is 6.54. The summed E-state index contributed by atoms with van der Waals surface area (Å²) in [6.45, 7) is 3.32. The molecule has 2 unspecified atom stereocenters. The molecule has 0 saturated heterocycles. The summed E-state index contributed by atoms with van der Waals surface area (Å²) in [5, 5.41) is 17.1. The van der Waals surface area contributed by atoms with Crippen molar-refractivity contribution in [3.8, 4) is 11.3 Å². The molecule has 22 heavy (non-hydrogen) atoms. The minimum atomic E-state index is -0.649. The van der Waals surface area contributed by atoms with Crippen LogP contribution in [-0.4, -0.2) is 27.4 Å². The molecule has 1 aromatic heterocycles. The Kier molecular flexibility index (Phi) is 9.94. The molecule has 123 valence electrons. The maximum atomic E-state index is 13.2. The normalized spacial score (nSPS) is 12.5. The second-order valence-electron chi connectivity index (χ2n) is 4.69. The fourth-order valence-corrected chi connectivity index (χ4v) is 1.65. The predicted molar refractivity (Wildman–Crippen MR) is 76.4 cm³/mol. The maximum Gasteiger partial charge on any atom is 0.0536 e. The third-order valence-electron chi connectivity index (χ3n) is 2.46. The van der Waals surface area contributed by atoms with Crippen molar-refractivity contribution in [3.63, 3.8) is 0 Å². The summed E-state index contributed by atoms with van der Waals surface area (Å²) in [4.78, 5) is 3.95. The molecule has 6 heteroatoms. The minimum Gasteiger partial charge on any atom is -0.393 e. The van der Waals surface area contributed by atoms with E-state index in [1.54, 1.807) is 38.2 Å². The van der Waals surface area contributed by atoms with Crippen LogP contribution in [0.3, 0.4) is 0 Å². The number of rotatable bonds is 3. The van der Waals surface area contributed by atoms with Crippen molar-refractivity contribution in [2.75, 3.05) is 0 Å². The zero-order valence-corrected chi connectivity index (χ0v) is 14.7. The van der Waals surface area contributed by atoms with Crippen molar-refractivity contribution in [1.29, 1.82) is 0 Å². The van der Waals surface area contributed by atoms with Gasteiger partial charge in [-0.05, 0) is 32.0 Å². The van der Waals surface area contributed by atoms with Crippen molar-refractivity contribution in [3.05, 3.63) is 54.2 Å². The van der Waals surface area contributed by atoms with Crippen LogP contribution in [0.25, 0.3) is 11.3 Å². The number of aromatic nitrogens is 1. The number of aliphatic hydroxyl groups excluding tert-OH is 2. The Balaban J connectivity index is 0.000000478. The van der Waals surface area contributed by atoms with Gasteiger partial charge in [0.1, 0.15) is 0 Å². The largest absolute Gasteiger partial charge is 0.393 e. The van der Waals surface area contributed by atoms with Gasteiger partial charge < -0.3 is 15.2 Å². The van der Waals surface area contributed by atoms with E-state index in [2.05, 4.69) is 11.1 Å². The van der Waals surface area contributed by atoms with Crippen LogP contribution in [0.4, 0.5) is 8.78 Å². The average molecular weight is 487 g/mol. The standard InChI is InChI=1S/C11H6F2N.C5H12O2.Ir/c12-8-4-5-9(10(13)7-8)11-3-1-2-6-14-11;1-4(6)3-5(2)7;/h1-4,6-7H;4-7H,3H2,1-2H3;/q-1;;. The van der Waals surface area contributed by atoms with Gasteiger partial charge in [0.05, 0.1) is 12.2 Å². The van der Waals surface area contributed by atoms with E-state index in [9.17, 15) is 8.78 Å². The summed E-state index contributed by atoms with van der Waals surface area (Å²) in [6.07, 6.45) is 1.27. The van der Waals surface area contributed by atoms with Crippen LogP contribution >= 0.6 is 0 Å². The van der Waals surface area contributed by atoms with Crippen LogP contribution in [0.15, 0.2) is 36.5 Å². The van der Waals surface area contributed by atoms with Crippen LogP contribution in [0.5, 0.6) is 0 Å². The zero-order valence-electron chi connectivity index (χ0n) is 12.3. The van der Waals surface area contributed by atoms with Crippen molar-refractivity contribution < 1.29 is 39.1 Å². The Hall–Kier alpha value is -1.20. The molecule has 3 nitrogen and oxygen atoms in total. The molecule has 0 aliphatic carbocycles. The molecule has 2 aromatic rings. The van der Waals surface area contributed by atoms with Crippen LogP contribution < -0.4 is 0 Å². The second kappa shape index (κ2) is 10.5. The fraction of sp³-hybridized carbons (Fsp3) is 0.312. The van der Waals surface area contributed by atoms with Crippen molar-refractivity contribution in [2.45, 2.75) is 32.5 Å². The molecule has 0 saturated carbocycles. The summed E-state index contributed by atoms with van der Waals surface area (Å²) in [7, 11) is 0. The molecular weight excluding hydrogens is 468 g/mol. The van der Waals surface area contributed by atoms with E-state index in [1.807, 2.05) is 0 Å². The minimum absolute atomic E-state index is 0. The molecule has 2 rings (SSSR count). The molecule has 2 N–H and O–H groups in total. The molecule has 0 aliphatic rings. The molecule has 0 spiro atoms. The second-order valence-corrected chi connectivity index (χ2v) is 4.69. The van der Waals surface area contributed by atoms with Crippen LogP contribution in [0, 0.1) is 17.7 Å². The first-order valence-corrected chi connectivity index (χ1v) is 6.54. The molecule has 0 bridgehead atoms.